The Labute approximate surface area is 74.3 Å². The quantitative estimate of drug-likeness (QED) is 0.707. The van der Waals surface area contributed by atoms with Gasteiger partial charge in [-0.3, -0.25) is 9.78 Å². The Bertz CT molecular complexity index is 290. The van der Waals surface area contributed by atoms with Gasteiger partial charge in [-0.1, -0.05) is 0 Å². The summed E-state index contributed by atoms with van der Waals surface area (Å²) in [5.74, 6) is 0.0212. The van der Waals surface area contributed by atoms with Gasteiger partial charge in [-0.15, -0.1) is 0 Å². The molecule has 1 rings (SSSR count). The van der Waals surface area contributed by atoms with E-state index in [4.69, 9.17) is 9.92 Å². The molecule has 1 aromatic heterocycles. The lowest BCUT2D eigenvalue weighted by Gasteiger charge is -2.00. The Morgan fingerprint density at radius 3 is 3.00 bits per heavy atom. The van der Waals surface area contributed by atoms with Crippen molar-refractivity contribution in [1.29, 1.82) is 0 Å². The molecule has 0 spiro atoms. The fourth-order valence-electron chi connectivity index (χ4n) is 0.695. The molecule has 0 aliphatic heterocycles. The zero-order chi connectivity index (χ0) is 8.97. The number of carbonyl (C=O) groups is 1. The third-order valence-corrected chi connectivity index (χ3v) is 1.54. The minimum Gasteiger partial charge on any atom is -0.424 e. The van der Waals surface area contributed by atoms with Gasteiger partial charge in [0, 0.05) is 12.5 Å². The Kier molecular flexibility index (Phi) is 2.93. The lowest BCUT2D eigenvalue weighted by molar-refractivity contribution is 0.0999. The van der Waals surface area contributed by atoms with Crippen molar-refractivity contribution in [1.82, 2.24) is 4.98 Å². The molecular weight excluding hydrogens is 176 g/mol. The fraction of sp³-hybridized carbons (Fsp3) is 0.143. The van der Waals surface area contributed by atoms with Gasteiger partial charge in [-0.05, 0) is 6.07 Å². The Balaban J connectivity index is 2.88. The Morgan fingerprint density at radius 1 is 1.67 bits per heavy atom. The molecule has 1 amide bonds. The monoisotopic (exact) mass is 184 g/mol. The van der Waals surface area contributed by atoms with Crippen LogP contribution in [0.25, 0.3) is 0 Å². The molecule has 4 nitrogen and oxygen atoms in total. The average Bonchev–Trinajstić information content (AvgIpc) is 2.05. The summed E-state index contributed by atoms with van der Waals surface area (Å²) < 4.78 is 5.04. The van der Waals surface area contributed by atoms with Crippen LogP contribution >= 0.6 is 12.0 Å². The van der Waals surface area contributed by atoms with Gasteiger partial charge in [0.1, 0.15) is 0 Å². The van der Waals surface area contributed by atoms with Crippen LogP contribution in [0.15, 0.2) is 18.5 Å². The second-order valence-corrected chi connectivity index (χ2v) is 2.52. The first-order valence-electron chi connectivity index (χ1n) is 3.19. The van der Waals surface area contributed by atoms with Crippen LogP contribution in [-0.2, 0) is 0 Å². The first-order chi connectivity index (χ1) is 5.74. The molecule has 64 valence electrons. The predicted molar refractivity (Wildman–Crippen MR) is 46.9 cm³/mol. The Morgan fingerprint density at radius 2 is 2.42 bits per heavy atom. The molecule has 0 saturated heterocycles. The number of pyridine rings is 1. The number of aromatic nitrogens is 1. The molecule has 0 aliphatic carbocycles. The van der Waals surface area contributed by atoms with Gasteiger partial charge in [-0.25, -0.2) is 0 Å². The van der Waals surface area contributed by atoms with E-state index in [0.717, 1.165) is 0 Å². The fourth-order valence-corrected chi connectivity index (χ4v) is 0.979. The smallest absolute Gasteiger partial charge is 0.250 e. The van der Waals surface area contributed by atoms with Gasteiger partial charge >= 0.3 is 0 Å². The van der Waals surface area contributed by atoms with E-state index >= 15 is 0 Å². The summed E-state index contributed by atoms with van der Waals surface area (Å²) >= 11 is 1.18. The molecule has 5 heteroatoms. The standard InChI is InChI=1S/C7H8N2O2S/c1-12-11-6-2-5(7(8)10)3-9-4-6/h2-4H,1H3,(H2,8,10). The van der Waals surface area contributed by atoms with Crippen LogP contribution in [0, 0.1) is 0 Å². The maximum Gasteiger partial charge on any atom is 0.250 e. The molecule has 0 atom stereocenters. The van der Waals surface area contributed by atoms with Crippen LogP contribution < -0.4 is 9.92 Å². The summed E-state index contributed by atoms with van der Waals surface area (Å²) in [5.41, 5.74) is 5.39. The summed E-state index contributed by atoms with van der Waals surface area (Å²) in [6.07, 6.45) is 4.69. The zero-order valence-electron chi connectivity index (χ0n) is 6.48. The molecule has 0 radical (unpaired) electrons. The van der Waals surface area contributed by atoms with Crippen LogP contribution in [0.2, 0.25) is 0 Å². The van der Waals surface area contributed by atoms with E-state index < -0.39 is 5.91 Å². The molecule has 0 bridgehead atoms. The predicted octanol–water partition coefficient (Wildman–Crippen LogP) is 0.837. The number of nitrogens with zero attached hydrogens (tertiary/aromatic N) is 1. The van der Waals surface area contributed by atoms with Crippen molar-refractivity contribution >= 4 is 17.9 Å². The second kappa shape index (κ2) is 3.96. The minimum atomic E-state index is -0.506. The van der Waals surface area contributed by atoms with Gasteiger partial charge in [0.05, 0.1) is 23.8 Å². The van der Waals surface area contributed by atoms with E-state index in [9.17, 15) is 4.79 Å². The van der Waals surface area contributed by atoms with Crippen LogP contribution in [0.3, 0.4) is 0 Å². The number of carbonyl (C=O) groups excluding carboxylic acids is 1. The highest BCUT2D eigenvalue weighted by atomic mass is 32.2. The summed E-state index contributed by atoms with van der Waals surface area (Å²) in [7, 11) is 0. The largest absolute Gasteiger partial charge is 0.424 e. The second-order valence-electron chi connectivity index (χ2n) is 2.02. The number of primary amides is 1. The van der Waals surface area contributed by atoms with E-state index in [0.29, 0.717) is 11.3 Å². The number of hydrogen-bond donors (Lipinski definition) is 1. The lowest BCUT2D eigenvalue weighted by Crippen LogP contribution is -2.10. The molecular formula is C7H8N2O2S. The normalized spacial score (nSPS) is 9.42. The van der Waals surface area contributed by atoms with E-state index in [1.54, 1.807) is 12.3 Å². The van der Waals surface area contributed by atoms with Gasteiger partial charge in [-0.2, -0.15) is 0 Å². The summed E-state index contributed by atoms with van der Waals surface area (Å²) in [5, 5.41) is 0. The van der Waals surface area contributed by atoms with E-state index in [2.05, 4.69) is 4.98 Å². The summed E-state index contributed by atoms with van der Waals surface area (Å²) in [6.45, 7) is 0. The summed E-state index contributed by atoms with van der Waals surface area (Å²) in [4.78, 5) is 14.5. The topological polar surface area (TPSA) is 65.2 Å². The molecule has 0 saturated carbocycles. The third-order valence-electron chi connectivity index (χ3n) is 1.18. The van der Waals surface area contributed by atoms with Crippen LogP contribution in [0.4, 0.5) is 0 Å². The molecule has 0 aliphatic rings. The first-order valence-corrected chi connectivity index (χ1v) is 4.34. The van der Waals surface area contributed by atoms with Crippen LogP contribution in [-0.4, -0.2) is 17.1 Å². The van der Waals surface area contributed by atoms with Crippen molar-refractivity contribution in [2.75, 3.05) is 6.26 Å². The van der Waals surface area contributed by atoms with Crippen molar-refractivity contribution < 1.29 is 8.98 Å². The highest BCUT2D eigenvalue weighted by molar-refractivity contribution is 7.94. The highest BCUT2D eigenvalue weighted by Crippen LogP contribution is 2.14. The van der Waals surface area contributed by atoms with Crippen molar-refractivity contribution in [2.24, 2.45) is 5.73 Å². The molecule has 0 unspecified atom stereocenters. The van der Waals surface area contributed by atoms with Crippen molar-refractivity contribution in [2.45, 2.75) is 0 Å². The van der Waals surface area contributed by atoms with Gasteiger partial charge < -0.3 is 9.92 Å². The van der Waals surface area contributed by atoms with Crippen molar-refractivity contribution in [3.63, 3.8) is 0 Å². The van der Waals surface area contributed by atoms with Crippen molar-refractivity contribution in [3.05, 3.63) is 24.0 Å². The zero-order valence-corrected chi connectivity index (χ0v) is 7.30. The highest BCUT2D eigenvalue weighted by Gasteiger charge is 2.01. The maximum absolute atomic E-state index is 10.7. The average molecular weight is 184 g/mol. The van der Waals surface area contributed by atoms with Crippen molar-refractivity contribution in [3.8, 4) is 5.75 Å². The molecule has 2 N–H and O–H groups in total. The molecule has 1 aromatic rings. The molecule has 0 fully saturated rings. The van der Waals surface area contributed by atoms with Crippen LogP contribution in [0.1, 0.15) is 10.4 Å². The van der Waals surface area contributed by atoms with E-state index in [1.165, 1.54) is 24.4 Å². The minimum absolute atomic E-state index is 0.349. The SMILES string of the molecule is CSOc1cncc(C(N)=O)c1. The van der Waals surface area contributed by atoms with Gasteiger partial charge in [0.25, 0.3) is 0 Å². The van der Waals surface area contributed by atoms with E-state index in [1.807, 2.05) is 0 Å². The summed E-state index contributed by atoms with van der Waals surface area (Å²) in [6, 6.07) is 1.55. The number of hydrogen-bond acceptors (Lipinski definition) is 4. The molecule has 0 aromatic carbocycles. The maximum atomic E-state index is 10.7. The number of amides is 1. The lowest BCUT2D eigenvalue weighted by atomic mass is 10.3. The number of rotatable bonds is 3. The molecule has 1 heterocycles. The third kappa shape index (κ3) is 2.13. The van der Waals surface area contributed by atoms with Gasteiger partial charge in [0.15, 0.2) is 5.75 Å². The Hall–Kier alpha value is -1.23. The number of nitrogens with two attached hydrogens (primary N) is 1. The first kappa shape index (κ1) is 8.86. The van der Waals surface area contributed by atoms with E-state index in [-0.39, 0.29) is 0 Å². The van der Waals surface area contributed by atoms with Crippen LogP contribution in [0.5, 0.6) is 5.75 Å². The molecule has 12 heavy (non-hydrogen) atoms. The van der Waals surface area contributed by atoms with Gasteiger partial charge in [0.2, 0.25) is 5.91 Å².